The smallest absolute Gasteiger partial charge is 0.236 e. The minimum Gasteiger partial charge on any atom is -0.368 e. The normalized spacial score (nSPS) is 10.8. The van der Waals surface area contributed by atoms with Gasteiger partial charge in [-0.2, -0.15) is 0 Å². The number of nitrogens with zero attached hydrogens (tertiary/aromatic N) is 1. The standard InChI is InChI=1S/C15H25N3O/c1-5-18(10-15(16)19)14-7-6-13(8-12(14)4)9-17-11(2)3/h6-8,11,17H,5,9-10H2,1-4H3,(H2,16,19). The zero-order valence-electron chi connectivity index (χ0n) is 12.4. The Morgan fingerprint density at radius 2 is 2.11 bits per heavy atom. The second-order valence-corrected chi connectivity index (χ2v) is 5.14. The summed E-state index contributed by atoms with van der Waals surface area (Å²) in [5.74, 6) is -0.299. The van der Waals surface area contributed by atoms with Crippen molar-refractivity contribution in [3.63, 3.8) is 0 Å². The van der Waals surface area contributed by atoms with E-state index in [-0.39, 0.29) is 12.5 Å². The quantitative estimate of drug-likeness (QED) is 0.788. The maximum absolute atomic E-state index is 11.1. The van der Waals surface area contributed by atoms with Crippen LogP contribution >= 0.6 is 0 Å². The summed E-state index contributed by atoms with van der Waals surface area (Å²) in [6.07, 6.45) is 0. The predicted octanol–water partition coefficient (Wildman–Crippen LogP) is 1.80. The van der Waals surface area contributed by atoms with Crippen molar-refractivity contribution in [2.75, 3.05) is 18.0 Å². The fourth-order valence-corrected chi connectivity index (χ4v) is 2.06. The van der Waals surface area contributed by atoms with E-state index in [9.17, 15) is 4.79 Å². The van der Waals surface area contributed by atoms with E-state index in [4.69, 9.17) is 5.73 Å². The lowest BCUT2D eigenvalue weighted by molar-refractivity contribution is -0.116. The van der Waals surface area contributed by atoms with Crippen molar-refractivity contribution in [3.05, 3.63) is 29.3 Å². The number of aryl methyl sites for hydroxylation is 1. The van der Waals surface area contributed by atoms with Crippen molar-refractivity contribution in [1.29, 1.82) is 0 Å². The average Bonchev–Trinajstić information content (AvgIpc) is 2.33. The molecule has 0 heterocycles. The number of carbonyl (C=O) groups is 1. The van der Waals surface area contributed by atoms with Crippen molar-refractivity contribution in [2.45, 2.75) is 40.3 Å². The van der Waals surface area contributed by atoms with E-state index in [1.54, 1.807) is 0 Å². The van der Waals surface area contributed by atoms with Gasteiger partial charge in [0.05, 0.1) is 6.54 Å². The molecule has 1 amide bonds. The molecule has 3 N–H and O–H groups in total. The van der Waals surface area contributed by atoms with Gasteiger partial charge in [0.15, 0.2) is 0 Å². The molecule has 1 rings (SSSR count). The monoisotopic (exact) mass is 263 g/mol. The molecule has 1 aromatic carbocycles. The minimum atomic E-state index is -0.299. The number of nitrogens with two attached hydrogens (primary N) is 1. The first-order chi connectivity index (χ1) is 8.93. The van der Waals surface area contributed by atoms with Gasteiger partial charge in [0.2, 0.25) is 5.91 Å². The third kappa shape index (κ3) is 4.91. The predicted molar refractivity (Wildman–Crippen MR) is 80.2 cm³/mol. The Morgan fingerprint density at radius 3 is 2.58 bits per heavy atom. The van der Waals surface area contributed by atoms with Crippen molar-refractivity contribution < 1.29 is 4.79 Å². The number of primary amides is 1. The number of nitrogens with one attached hydrogen (secondary N) is 1. The van der Waals surface area contributed by atoms with Gasteiger partial charge in [0.1, 0.15) is 0 Å². The van der Waals surface area contributed by atoms with Gasteiger partial charge >= 0.3 is 0 Å². The molecular weight excluding hydrogens is 238 g/mol. The molecule has 0 aliphatic heterocycles. The van der Waals surface area contributed by atoms with E-state index in [0.717, 1.165) is 18.8 Å². The molecule has 0 aromatic heterocycles. The van der Waals surface area contributed by atoms with Crippen LogP contribution in [0.3, 0.4) is 0 Å². The molecule has 0 saturated heterocycles. The summed E-state index contributed by atoms with van der Waals surface area (Å²) < 4.78 is 0. The average molecular weight is 263 g/mol. The van der Waals surface area contributed by atoms with Crippen LogP contribution < -0.4 is 16.0 Å². The number of benzene rings is 1. The highest BCUT2D eigenvalue weighted by atomic mass is 16.1. The zero-order chi connectivity index (χ0) is 14.4. The van der Waals surface area contributed by atoms with Crippen LogP contribution in [0.2, 0.25) is 0 Å². The number of hydrogen-bond donors (Lipinski definition) is 2. The molecule has 0 saturated carbocycles. The molecule has 19 heavy (non-hydrogen) atoms. The van der Waals surface area contributed by atoms with Crippen molar-refractivity contribution >= 4 is 11.6 Å². The number of amides is 1. The van der Waals surface area contributed by atoms with Crippen molar-refractivity contribution in [2.24, 2.45) is 5.73 Å². The number of likely N-dealkylation sites (N-methyl/N-ethyl adjacent to an activating group) is 1. The minimum absolute atomic E-state index is 0.265. The summed E-state index contributed by atoms with van der Waals surface area (Å²) in [5, 5.41) is 3.40. The number of rotatable bonds is 7. The number of carbonyl (C=O) groups excluding carboxylic acids is 1. The Hall–Kier alpha value is -1.55. The van der Waals surface area contributed by atoms with Gasteiger partial charge in [0, 0.05) is 24.8 Å². The maximum Gasteiger partial charge on any atom is 0.236 e. The summed E-state index contributed by atoms with van der Waals surface area (Å²) in [6.45, 7) is 10.3. The third-order valence-corrected chi connectivity index (χ3v) is 3.04. The summed E-state index contributed by atoms with van der Waals surface area (Å²) in [5.41, 5.74) is 8.78. The van der Waals surface area contributed by atoms with E-state index >= 15 is 0 Å². The SMILES string of the molecule is CCN(CC(N)=O)c1ccc(CNC(C)C)cc1C. The van der Waals surface area contributed by atoms with Gasteiger partial charge in [-0.15, -0.1) is 0 Å². The largest absolute Gasteiger partial charge is 0.368 e. The first-order valence-electron chi connectivity index (χ1n) is 6.80. The highest BCUT2D eigenvalue weighted by Gasteiger charge is 2.10. The zero-order valence-corrected chi connectivity index (χ0v) is 12.4. The van der Waals surface area contributed by atoms with Gasteiger partial charge < -0.3 is 16.0 Å². The van der Waals surface area contributed by atoms with Crippen LogP contribution in [0.5, 0.6) is 0 Å². The van der Waals surface area contributed by atoms with Crippen LogP contribution in [0.25, 0.3) is 0 Å². The van der Waals surface area contributed by atoms with Crippen LogP contribution in [-0.2, 0) is 11.3 Å². The molecule has 1 aromatic rings. The maximum atomic E-state index is 11.1. The van der Waals surface area contributed by atoms with E-state index in [0.29, 0.717) is 6.04 Å². The molecule has 4 nitrogen and oxygen atoms in total. The Labute approximate surface area is 116 Å². The van der Waals surface area contributed by atoms with Crippen molar-refractivity contribution in [1.82, 2.24) is 5.32 Å². The molecule has 0 bridgehead atoms. The summed E-state index contributed by atoms with van der Waals surface area (Å²) >= 11 is 0. The summed E-state index contributed by atoms with van der Waals surface area (Å²) in [6, 6.07) is 6.80. The first kappa shape index (κ1) is 15.5. The van der Waals surface area contributed by atoms with Crippen LogP contribution in [0, 0.1) is 6.92 Å². The van der Waals surface area contributed by atoms with Crippen LogP contribution in [0.4, 0.5) is 5.69 Å². The Balaban J connectivity index is 2.83. The molecule has 0 radical (unpaired) electrons. The van der Waals surface area contributed by atoms with Crippen LogP contribution in [-0.4, -0.2) is 25.0 Å². The van der Waals surface area contributed by atoms with Gasteiger partial charge in [-0.05, 0) is 31.0 Å². The van der Waals surface area contributed by atoms with Gasteiger partial charge in [-0.3, -0.25) is 4.79 Å². The fraction of sp³-hybridized carbons (Fsp3) is 0.533. The Morgan fingerprint density at radius 1 is 1.42 bits per heavy atom. The van der Waals surface area contributed by atoms with Crippen molar-refractivity contribution in [3.8, 4) is 0 Å². The van der Waals surface area contributed by atoms with E-state index in [1.165, 1.54) is 11.1 Å². The van der Waals surface area contributed by atoms with Gasteiger partial charge in [0.25, 0.3) is 0 Å². The molecule has 0 aliphatic rings. The van der Waals surface area contributed by atoms with E-state index in [1.807, 2.05) is 11.8 Å². The molecule has 0 spiro atoms. The van der Waals surface area contributed by atoms with Crippen LogP contribution in [0.15, 0.2) is 18.2 Å². The fourth-order valence-electron chi connectivity index (χ4n) is 2.06. The Kier molecular flexibility index (Phi) is 5.83. The van der Waals surface area contributed by atoms with Gasteiger partial charge in [-0.1, -0.05) is 26.0 Å². The summed E-state index contributed by atoms with van der Waals surface area (Å²) in [4.78, 5) is 13.1. The highest BCUT2D eigenvalue weighted by molar-refractivity contribution is 5.79. The Bertz CT molecular complexity index is 429. The topological polar surface area (TPSA) is 58.4 Å². The van der Waals surface area contributed by atoms with E-state index in [2.05, 4.69) is 44.3 Å². The second kappa shape index (κ2) is 7.14. The molecule has 0 aliphatic carbocycles. The molecule has 0 fully saturated rings. The number of hydrogen-bond acceptors (Lipinski definition) is 3. The lowest BCUT2D eigenvalue weighted by atomic mass is 10.1. The third-order valence-electron chi connectivity index (χ3n) is 3.04. The van der Waals surface area contributed by atoms with Crippen LogP contribution in [0.1, 0.15) is 31.9 Å². The number of anilines is 1. The molecule has 106 valence electrons. The second-order valence-electron chi connectivity index (χ2n) is 5.14. The molecule has 4 heteroatoms. The highest BCUT2D eigenvalue weighted by Crippen LogP contribution is 2.21. The molecule has 0 atom stereocenters. The van der Waals surface area contributed by atoms with Gasteiger partial charge in [-0.25, -0.2) is 0 Å². The lowest BCUT2D eigenvalue weighted by Gasteiger charge is -2.24. The molecular formula is C15H25N3O. The lowest BCUT2D eigenvalue weighted by Crippen LogP contribution is -2.34. The van der Waals surface area contributed by atoms with E-state index < -0.39 is 0 Å². The first-order valence-corrected chi connectivity index (χ1v) is 6.80. The molecule has 0 unspecified atom stereocenters. The summed E-state index contributed by atoms with van der Waals surface area (Å²) in [7, 11) is 0.